The number of methoxy groups -OCH3 is 1. The number of anilines is 1. The molecule has 0 aliphatic carbocycles. The lowest BCUT2D eigenvalue weighted by molar-refractivity contribution is 0.411. The summed E-state index contributed by atoms with van der Waals surface area (Å²) < 4.78 is 13.7. The molecule has 4 heteroatoms. The predicted octanol–water partition coefficient (Wildman–Crippen LogP) is 1.98. The number of hydrogen-bond donors (Lipinski definition) is 2. The first-order valence-electron chi connectivity index (χ1n) is 3.46. The maximum atomic E-state index is 8.65. The minimum Gasteiger partial charge on any atom is -0.496 e. The molecule has 0 unspecified atom stereocenters. The third-order valence-corrected chi connectivity index (χ3v) is 1.96. The van der Waals surface area contributed by atoms with Crippen molar-refractivity contribution in [2.45, 2.75) is 5.75 Å². The second kappa shape index (κ2) is 4.23. The van der Waals surface area contributed by atoms with Crippen LogP contribution < -0.4 is 10.5 Å². The Labute approximate surface area is 75.7 Å². The highest BCUT2D eigenvalue weighted by atomic mass is 32.2. The smallest absolute Gasteiger partial charge is 0.123 e. The van der Waals surface area contributed by atoms with Crippen molar-refractivity contribution in [1.82, 2.24) is 0 Å². The fourth-order valence-electron chi connectivity index (χ4n) is 0.981. The molecule has 1 aromatic carbocycles. The van der Waals surface area contributed by atoms with Gasteiger partial charge in [-0.25, -0.2) is 0 Å². The van der Waals surface area contributed by atoms with Crippen LogP contribution in [0.25, 0.3) is 0 Å². The van der Waals surface area contributed by atoms with E-state index in [1.807, 2.05) is 0 Å². The molecule has 1 rings (SSSR count). The Morgan fingerprint density at radius 1 is 1.58 bits per heavy atom. The molecule has 0 saturated carbocycles. The van der Waals surface area contributed by atoms with Gasteiger partial charge in [0.2, 0.25) is 0 Å². The van der Waals surface area contributed by atoms with E-state index in [4.69, 9.17) is 15.0 Å². The van der Waals surface area contributed by atoms with Crippen molar-refractivity contribution >= 4 is 17.7 Å². The van der Waals surface area contributed by atoms with Crippen LogP contribution >= 0.6 is 12.0 Å². The first-order valence-corrected chi connectivity index (χ1v) is 4.41. The summed E-state index contributed by atoms with van der Waals surface area (Å²) in [4.78, 5) is 0. The average molecular weight is 185 g/mol. The zero-order valence-electron chi connectivity index (χ0n) is 6.78. The van der Waals surface area contributed by atoms with Gasteiger partial charge in [-0.1, -0.05) is 0 Å². The fraction of sp³-hybridized carbons (Fsp3) is 0.250. The van der Waals surface area contributed by atoms with Crippen LogP contribution in [0.4, 0.5) is 5.69 Å². The van der Waals surface area contributed by atoms with E-state index in [2.05, 4.69) is 0 Å². The van der Waals surface area contributed by atoms with Crippen molar-refractivity contribution in [3.05, 3.63) is 23.8 Å². The molecule has 12 heavy (non-hydrogen) atoms. The van der Waals surface area contributed by atoms with Gasteiger partial charge in [0.15, 0.2) is 0 Å². The molecular weight excluding hydrogens is 174 g/mol. The molecule has 0 atom stereocenters. The molecule has 3 N–H and O–H groups in total. The molecule has 0 bridgehead atoms. The van der Waals surface area contributed by atoms with Crippen LogP contribution in [0.15, 0.2) is 18.2 Å². The molecule has 0 fully saturated rings. The Hall–Kier alpha value is -0.870. The van der Waals surface area contributed by atoms with Crippen LogP contribution in [0.1, 0.15) is 5.56 Å². The molecule has 0 aromatic heterocycles. The highest BCUT2D eigenvalue weighted by Crippen LogP contribution is 2.24. The lowest BCUT2D eigenvalue weighted by atomic mass is 10.2. The van der Waals surface area contributed by atoms with E-state index in [0.717, 1.165) is 23.4 Å². The molecular formula is C8H11NO2S. The van der Waals surface area contributed by atoms with E-state index in [1.54, 1.807) is 25.3 Å². The Bertz CT molecular complexity index is 265. The number of benzene rings is 1. The monoisotopic (exact) mass is 185 g/mol. The lowest BCUT2D eigenvalue weighted by Gasteiger charge is -2.06. The van der Waals surface area contributed by atoms with Gasteiger partial charge in [-0.3, -0.25) is 0 Å². The quantitative estimate of drug-likeness (QED) is 0.558. The first kappa shape index (κ1) is 9.22. The van der Waals surface area contributed by atoms with E-state index < -0.39 is 0 Å². The normalized spacial score (nSPS) is 9.83. The summed E-state index contributed by atoms with van der Waals surface area (Å²) in [7, 11) is 1.59. The molecule has 0 spiro atoms. The molecule has 0 aliphatic heterocycles. The van der Waals surface area contributed by atoms with Crippen LogP contribution in [0.2, 0.25) is 0 Å². The largest absolute Gasteiger partial charge is 0.496 e. The van der Waals surface area contributed by atoms with E-state index in [1.165, 1.54) is 0 Å². The number of nitrogen functional groups attached to an aromatic ring is 1. The van der Waals surface area contributed by atoms with Crippen molar-refractivity contribution in [3.63, 3.8) is 0 Å². The third kappa shape index (κ3) is 2.06. The van der Waals surface area contributed by atoms with Gasteiger partial charge < -0.3 is 15.0 Å². The summed E-state index contributed by atoms with van der Waals surface area (Å²) in [6, 6.07) is 5.35. The maximum Gasteiger partial charge on any atom is 0.123 e. The minimum atomic E-state index is 0.494. The Balaban J connectivity index is 2.95. The van der Waals surface area contributed by atoms with Crippen LogP contribution in [0.3, 0.4) is 0 Å². The van der Waals surface area contributed by atoms with Gasteiger partial charge in [0, 0.05) is 17.0 Å². The zero-order valence-corrected chi connectivity index (χ0v) is 7.60. The van der Waals surface area contributed by atoms with E-state index in [0.29, 0.717) is 11.4 Å². The molecule has 3 nitrogen and oxygen atoms in total. The lowest BCUT2D eigenvalue weighted by Crippen LogP contribution is -1.92. The van der Waals surface area contributed by atoms with Crippen LogP contribution in [0, 0.1) is 0 Å². The summed E-state index contributed by atoms with van der Waals surface area (Å²) in [6.07, 6.45) is 0. The zero-order chi connectivity index (χ0) is 8.97. The Morgan fingerprint density at radius 2 is 2.33 bits per heavy atom. The molecule has 0 heterocycles. The predicted molar refractivity (Wildman–Crippen MR) is 51.3 cm³/mol. The van der Waals surface area contributed by atoms with E-state index in [-0.39, 0.29) is 0 Å². The molecule has 66 valence electrons. The summed E-state index contributed by atoms with van der Waals surface area (Å²) in [5.74, 6) is 1.25. The van der Waals surface area contributed by atoms with Crippen molar-refractivity contribution in [1.29, 1.82) is 0 Å². The van der Waals surface area contributed by atoms with Gasteiger partial charge in [-0.2, -0.15) is 0 Å². The third-order valence-electron chi connectivity index (χ3n) is 1.52. The van der Waals surface area contributed by atoms with Crippen molar-refractivity contribution in [2.24, 2.45) is 0 Å². The second-order valence-corrected chi connectivity index (χ2v) is 2.89. The van der Waals surface area contributed by atoms with Gasteiger partial charge >= 0.3 is 0 Å². The SMILES string of the molecule is COc1ccc(N)cc1CSO. The number of nitrogens with two attached hydrogens (primary N) is 1. The average Bonchev–Trinajstić information content (AvgIpc) is 2.05. The maximum absolute atomic E-state index is 8.65. The van der Waals surface area contributed by atoms with Gasteiger partial charge in [-0.15, -0.1) is 0 Å². The van der Waals surface area contributed by atoms with E-state index >= 15 is 0 Å². The van der Waals surface area contributed by atoms with Crippen molar-refractivity contribution in [2.75, 3.05) is 12.8 Å². The highest BCUT2D eigenvalue weighted by molar-refractivity contribution is 7.92. The van der Waals surface area contributed by atoms with Gasteiger partial charge in [0.25, 0.3) is 0 Å². The van der Waals surface area contributed by atoms with Crippen LogP contribution in [-0.4, -0.2) is 11.7 Å². The molecule has 1 aromatic rings. The Kier molecular flexibility index (Phi) is 3.25. The molecule has 0 aliphatic rings. The number of ether oxygens (including phenoxy) is 1. The van der Waals surface area contributed by atoms with Gasteiger partial charge in [0.05, 0.1) is 7.11 Å². The van der Waals surface area contributed by atoms with Crippen molar-refractivity contribution < 1.29 is 9.29 Å². The first-order chi connectivity index (χ1) is 5.77. The molecule has 0 saturated heterocycles. The standard InChI is InChI=1S/C8H11NO2S/c1-11-8-3-2-7(9)4-6(8)5-12-10/h2-4,10H,5,9H2,1H3. The fourth-order valence-corrected chi connectivity index (χ4v) is 1.35. The summed E-state index contributed by atoms with van der Waals surface area (Å²) >= 11 is 0.757. The summed E-state index contributed by atoms with van der Waals surface area (Å²) in [5, 5.41) is 0. The van der Waals surface area contributed by atoms with Crippen LogP contribution in [0.5, 0.6) is 5.75 Å². The second-order valence-electron chi connectivity index (χ2n) is 2.34. The number of rotatable bonds is 3. The molecule has 0 amide bonds. The van der Waals surface area contributed by atoms with Crippen molar-refractivity contribution in [3.8, 4) is 5.75 Å². The minimum absolute atomic E-state index is 0.494. The van der Waals surface area contributed by atoms with Gasteiger partial charge in [-0.05, 0) is 30.2 Å². The molecule has 0 radical (unpaired) electrons. The van der Waals surface area contributed by atoms with E-state index in [9.17, 15) is 0 Å². The summed E-state index contributed by atoms with van der Waals surface area (Å²) in [6.45, 7) is 0. The van der Waals surface area contributed by atoms with Crippen LogP contribution in [-0.2, 0) is 5.75 Å². The summed E-state index contributed by atoms with van der Waals surface area (Å²) in [5.41, 5.74) is 7.15. The topological polar surface area (TPSA) is 55.5 Å². The number of hydrogen-bond acceptors (Lipinski definition) is 4. The highest BCUT2D eigenvalue weighted by Gasteiger charge is 2.02. The Morgan fingerprint density at radius 3 is 2.92 bits per heavy atom. The van der Waals surface area contributed by atoms with Gasteiger partial charge in [0.1, 0.15) is 5.75 Å².